The molecule has 0 fully saturated rings. The van der Waals surface area contributed by atoms with Gasteiger partial charge < -0.3 is 4.74 Å². The molecule has 0 atom stereocenters. The van der Waals surface area contributed by atoms with E-state index in [9.17, 15) is 4.79 Å². The number of halogens is 2. The highest BCUT2D eigenvalue weighted by Crippen LogP contribution is 2.28. The zero-order valence-electron chi connectivity index (χ0n) is 8.69. The number of ether oxygens (including phenoxy) is 1. The molecule has 0 aromatic heterocycles. The van der Waals surface area contributed by atoms with Crippen LogP contribution in [0, 0.1) is 0 Å². The summed E-state index contributed by atoms with van der Waals surface area (Å²) in [5.74, 6) is -0.0708. The lowest BCUT2D eigenvalue weighted by molar-refractivity contribution is 0.0735. The minimum absolute atomic E-state index is 0.351. The Bertz CT molecular complexity index is 540. The average molecular weight is 312 g/mol. The second-order valence-electron chi connectivity index (χ2n) is 3.33. The van der Waals surface area contributed by atoms with Gasteiger partial charge in [-0.3, -0.25) is 0 Å². The molecule has 0 unspecified atom stereocenters. The number of hydrogen-bond donors (Lipinski definition) is 0. The second-order valence-corrected chi connectivity index (χ2v) is 4.65. The van der Waals surface area contributed by atoms with Crippen molar-refractivity contribution < 1.29 is 9.53 Å². The van der Waals surface area contributed by atoms with E-state index in [1.807, 2.05) is 6.07 Å². The van der Waals surface area contributed by atoms with Gasteiger partial charge in [0.2, 0.25) is 0 Å². The lowest BCUT2D eigenvalue weighted by atomic mass is 10.2. The van der Waals surface area contributed by atoms with Gasteiger partial charge >= 0.3 is 5.97 Å². The highest BCUT2D eigenvalue weighted by molar-refractivity contribution is 9.10. The van der Waals surface area contributed by atoms with E-state index in [0.717, 1.165) is 4.47 Å². The summed E-state index contributed by atoms with van der Waals surface area (Å²) >= 11 is 9.24. The Balaban J connectivity index is 2.19. The molecule has 4 heteroatoms. The summed E-state index contributed by atoms with van der Waals surface area (Å²) in [7, 11) is 0. The first-order valence-electron chi connectivity index (χ1n) is 4.89. The van der Waals surface area contributed by atoms with Crippen molar-refractivity contribution in [1.29, 1.82) is 0 Å². The van der Waals surface area contributed by atoms with Crippen LogP contribution in [-0.2, 0) is 0 Å². The number of carbonyl (C=O) groups excluding carboxylic acids is 1. The van der Waals surface area contributed by atoms with Crippen molar-refractivity contribution in [2.75, 3.05) is 0 Å². The molecule has 0 saturated heterocycles. The fraction of sp³-hybridized carbons (Fsp3) is 0. The first kappa shape index (κ1) is 12.1. The van der Waals surface area contributed by atoms with Crippen molar-refractivity contribution in [1.82, 2.24) is 0 Å². The highest BCUT2D eigenvalue weighted by atomic mass is 79.9. The van der Waals surface area contributed by atoms with Crippen LogP contribution in [0.25, 0.3) is 0 Å². The molecule has 2 aromatic rings. The number of rotatable bonds is 2. The highest BCUT2D eigenvalue weighted by Gasteiger charge is 2.10. The van der Waals surface area contributed by atoms with Crippen LogP contribution in [0.3, 0.4) is 0 Å². The Hall–Kier alpha value is -1.32. The van der Waals surface area contributed by atoms with Crippen LogP contribution in [0.4, 0.5) is 0 Å². The first-order valence-corrected chi connectivity index (χ1v) is 6.06. The minimum atomic E-state index is -0.421. The van der Waals surface area contributed by atoms with E-state index in [1.54, 1.807) is 42.5 Å². The second kappa shape index (κ2) is 5.34. The molecular weight excluding hydrogens is 303 g/mol. The Morgan fingerprint density at radius 3 is 2.47 bits per heavy atom. The van der Waals surface area contributed by atoms with E-state index in [0.29, 0.717) is 16.3 Å². The monoisotopic (exact) mass is 310 g/mol. The zero-order chi connectivity index (χ0) is 12.3. The van der Waals surface area contributed by atoms with E-state index in [1.165, 1.54) is 0 Å². The van der Waals surface area contributed by atoms with Crippen molar-refractivity contribution in [3.8, 4) is 5.75 Å². The minimum Gasteiger partial charge on any atom is -0.421 e. The lowest BCUT2D eigenvalue weighted by Crippen LogP contribution is -2.08. The van der Waals surface area contributed by atoms with Crippen molar-refractivity contribution in [3.05, 3.63) is 63.6 Å². The van der Waals surface area contributed by atoms with Gasteiger partial charge in [-0.1, -0.05) is 45.7 Å². The maximum absolute atomic E-state index is 11.8. The summed E-state index contributed by atoms with van der Waals surface area (Å²) in [6.45, 7) is 0. The molecule has 0 N–H and O–H groups in total. The molecule has 2 aromatic carbocycles. The molecule has 2 rings (SSSR count). The molecule has 0 amide bonds. The van der Waals surface area contributed by atoms with E-state index >= 15 is 0 Å². The molecule has 0 saturated carbocycles. The first-order chi connectivity index (χ1) is 8.16. The summed E-state index contributed by atoms with van der Waals surface area (Å²) in [4.78, 5) is 11.8. The van der Waals surface area contributed by atoms with Gasteiger partial charge in [0, 0.05) is 4.47 Å². The molecule has 0 aliphatic carbocycles. The number of esters is 1. The van der Waals surface area contributed by atoms with Crippen LogP contribution >= 0.6 is 27.5 Å². The van der Waals surface area contributed by atoms with E-state index in [2.05, 4.69) is 15.9 Å². The van der Waals surface area contributed by atoms with Crippen LogP contribution < -0.4 is 4.74 Å². The molecule has 0 bridgehead atoms. The van der Waals surface area contributed by atoms with Gasteiger partial charge in [0.25, 0.3) is 0 Å². The van der Waals surface area contributed by atoms with Crippen LogP contribution in [-0.4, -0.2) is 5.97 Å². The molecule has 86 valence electrons. The third-order valence-corrected chi connectivity index (χ3v) is 2.89. The van der Waals surface area contributed by atoms with Gasteiger partial charge in [-0.15, -0.1) is 0 Å². The van der Waals surface area contributed by atoms with Crippen molar-refractivity contribution in [2.24, 2.45) is 0 Å². The van der Waals surface area contributed by atoms with Crippen LogP contribution in [0.2, 0.25) is 5.02 Å². The smallest absolute Gasteiger partial charge is 0.343 e. The fourth-order valence-electron chi connectivity index (χ4n) is 1.29. The Morgan fingerprint density at radius 1 is 1.12 bits per heavy atom. The topological polar surface area (TPSA) is 26.3 Å². The van der Waals surface area contributed by atoms with Crippen LogP contribution in [0.1, 0.15) is 10.4 Å². The Morgan fingerprint density at radius 2 is 1.82 bits per heavy atom. The Labute approximate surface area is 112 Å². The van der Waals surface area contributed by atoms with E-state index in [4.69, 9.17) is 16.3 Å². The molecule has 0 radical (unpaired) electrons. The molecule has 0 heterocycles. The lowest BCUT2D eigenvalue weighted by Gasteiger charge is -2.06. The summed E-state index contributed by atoms with van der Waals surface area (Å²) in [6.07, 6.45) is 0. The van der Waals surface area contributed by atoms with Crippen molar-refractivity contribution >= 4 is 33.5 Å². The van der Waals surface area contributed by atoms with Gasteiger partial charge in [-0.25, -0.2) is 4.79 Å². The van der Waals surface area contributed by atoms with Crippen molar-refractivity contribution in [2.45, 2.75) is 0 Å². The quantitative estimate of drug-likeness (QED) is 0.610. The number of benzene rings is 2. The maximum atomic E-state index is 11.8. The number of hydrogen-bond acceptors (Lipinski definition) is 2. The van der Waals surface area contributed by atoms with Gasteiger partial charge in [0.15, 0.2) is 0 Å². The van der Waals surface area contributed by atoms with E-state index < -0.39 is 5.97 Å². The molecule has 0 aliphatic heterocycles. The standard InChI is InChI=1S/C13H8BrClO2/c14-10-6-7-12(11(15)8-10)17-13(16)9-4-2-1-3-5-9/h1-8H. The van der Waals surface area contributed by atoms with Gasteiger partial charge in [0.05, 0.1) is 10.6 Å². The average Bonchev–Trinajstić information content (AvgIpc) is 2.34. The van der Waals surface area contributed by atoms with Gasteiger partial charge in [0.1, 0.15) is 5.75 Å². The van der Waals surface area contributed by atoms with Crippen LogP contribution in [0.5, 0.6) is 5.75 Å². The Kier molecular flexibility index (Phi) is 3.82. The predicted molar refractivity (Wildman–Crippen MR) is 70.6 cm³/mol. The zero-order valence-corrected chi connectivity index (χ0v) is 11.0. The normalized spacial score (nSPS) is 10.0. The fourth-order valence-corrected chi connectivity index (χ4v) is 2.00. The molecular formula is C13H8BrClO2. The van der Waals surface area contributed by atoms with Crippen molar-refractivity contribution in [3.63, 3.8) is 0 Å². The molecule has 2 nitrogen and oxygen atoms in total. The summed E-state index contributed by atoms with van der Waals surface area (Å²) in [6, 6.07) is 13.9. The van der Waals surface area contributed by atoms with E-state index in [-0.39, 0.29) is 0 Å². The molecule has 17 heavy (non-hydrogen) atoms. The maximum Gasteiger partial charge on any atom is 0.343 e. The summed E-state index contributed by atoms with van der Waals surface area (Å²) < 4.78 is 6.03. The van der Waals surface area contributed by atoms with Gasteiger partial charge in [-0.05, 0) is 30.3 Å². The number of carbonyl (C=O) groups is 1. The molecule has 0 aliphatic rings. The third-order valence-electron chi connectivity index (χ3n) is 2.11. The predicted octanol–water partition coefficient (Wildman–Crippen LogP) is 4.32. The molecule has 0 spiro atoms. The SMILES string of the molecule is O=C(Oc1ccc(Br)cc1Cl)c1ccccc1. The largest absolute Gasteiger partial charge is 0.421 e. The summed E-state index contributed by atoms with van der Waals surface area (Å²) in [5, 5.41) is 0.392. The van der Waals surface area contributed by atoms with Crippen LogP contribution in [0.15, 0.2) is 53.0 Å². The third kappa shape index (κ3) is 3.08. The van der Waals surface area contributed by atoms with Gasteiger partial charge in [-0.2, -0.15) is 0 Å². The summed E-state index contributed by atoms with van der Waals surface area (Å²) in [5.41, 5.74) is 0.492.